The molecule has 0 unspecified atom stereocenters. The molecule has 6 rings (SSSR count). The lowest BCUT2D eigenvalue weighted by molar-refractivity contribution is -0.384. The molecule has 242 valence electrons. The standard InChI is InChI=1S/C17H14N4O3S.C17H16N4OS/c1-25-15-8-2-12(3-9-15)20-16-10-17(19-11-18-16)24-14-6-4-13(5-7-14)21(22)23;1-23-15-8-4-13(5-9-15)21-16-10-17(20-11-19-16)22-14-6-2-12(18)3-7-14/h2-11H,1H3,(H,18,19,20);2-11H,18H2,1H3,(H,19,20,21). The van der Waals surface area contributed by atoms with Crippen LogP contribution in [0.4, 0.5) is 34.4 Å². The van der Waals surface area contributed by atoms with E-state index >= 15 is 0 Å². The molecule has 4 aromatic carbocycles. The van der Waals surface area contributed by atoms with E-state index in [1.54, 1.807) is 59.9 Å². The molecule has 14 heteroatoms. The minimum absolute atomic E-state index is 0.00563. The van der Waals surface area contributed by atoms with E-state index in [9.17, 15) is 10.1 Å². The molecule has 0 saturated heterocycles. The number of thioether (sulfide) groups is 2. The molecule has 0 aliphatic carbocycles. The van der Waals surface area contributed by atoms with Crippen molar-refractivity contribution in [1.29, 1.82) is 0 Å². The van der Waals surface area contributed by atoms with Crippen molar-refractivity contribution in [2.45, 2.75) is 9.79 Å². The Kier molecular flexibility index (Phi) is 11.6. The molecule has 0 aliphatic rings. The Balaban J connectivity index is 0.000000188. The highest BCUT2D eigenvalue weighted by molar-refractivity contribution is 7.98. The lowest BCUT2D eigenvalue weighted by Gasteiger charge is -2.08. The molecule has 4 N–H and O–H groups in total. The van der Waals surface area contributed by atoms with Crippen LogP contribution in [0.1, 0.15) is 0 Å². The molecule has 12 nitrogen and oxygen atoms in total. The van der Waals surface area contributed by atoms with Gasteiger partial charge in [0, 0.05) is 51.1 Å². The smallest absolute Gasteiger partial charge is 0.269 e. The summed E-state index contributed by atoms with van der Waals surface area (Å²) >= 11 is 3.38. The molecule has 0 saturated carbocycles. The molecule has 2 heterocycles. The Morgan fingerprint density at radius 2 is 1.04 bits per heavy atom. The van der Waals surface area contributed by atoms with Crippen LogP contribution in [0.2, 0.25) is 0 Å². The lowest BCUT2D eigenvalue weighted by Crippen LogP contribution is -1.96. The summed E-state index contributed by atoms with van der Waals surface area (Å²) in [6, 6.07) is 32.4. The molecule has 0 aliphatic heterocycles. The Morgan fingerprint density at radius 1 is 0.625 bits per heavy atom. The van der Waals surface area contributed by atoms with Gasteiger partial charge in [0.2, 0.25) is 11.8 Å². The van der Waals surface area contributed by atoms with Crippen LogP contribution in [0, 0.1) is 10.1 Å². The number of nitro benzene ring substituents is 1. The zero-order valence-electron chi connectivity index (χ0n) is 25.8. The third-order valence-electron chi connectivity index (χ3n) is 6.38. The van der Waals surface area contributed by atoms with Crippen LogP contribution in [0.5, 0.6) is 23.3 Å². The second kappa shape index (κ2) is 16.6. The summed E-state index contributed by atoms with van der Waals surface area (Å²) in [6.07, 6.45) is 6.92. The summed E-state index contributed by atoms with van der Waals surface area (Å²) in [6.45, 7) is 0. The van der Waals surface area contributed by atoms with Gasteiger partial charge in [-0.1, -0.05) is 0 Å². The summed E-state index contributed by atoms with van der Waals surface area (Å²) in [5.41, 5.74) is 8.21. The van der Waals surface area contributed by atoms with Crippen LogP contribution < -0.4 is 25.8 Å². The number of nitrogen functional groups attached to an aromatic ring is 1. The number of anilines is 5. The molecular weight excluding hydrogens is 649 g/mol. The van der Waals surface area contributed by atoms with Crippen molar-refractivity contribution in [2.75, 3.05) is 28.9 Å². The van der Waals surface area contributed by atoms with E-state index in [2.05, 4.69) is 42.7 Å². The van der Waals surface area contributed by atoms with E-state index in [4.69, 9.17) is 15.2 Å². The second-order valence-corrected chi connectivity index (χ2v) is 11.5. The number of aromatic nitrogens is 4. The van der Waals surface area contributed by atoms with Gasteiger partial charge in [0.05, 0.1) is 4.92 Å². The Morgan fingerprint density at radius 3 is 1.44 bits per heavy atom. The fraction of sp³-hybridized carbons (Fsp3) is 0.0588. The maximum absolute atomic E-state index is 10.7. The normalized spacial score (nSPS) is 10.3. The molecule has 0 radical (unpaired) electrons. The van der Waals surface area contributed by atoms with E-state index in [0.29, 0.717) is 40.6 Å². The zero-order valence-corrected chi connectivity index (χ0v) is 27.4. The van der Waals surface area contributed by atoms with Crippen molar-refractivity contribution < 1.29 is 14.4 Å². The summed E-state index contributed by atoms with van der Waals surface area (Å²) in [5.74, 6) is 3.19. The van der Waals surface area contributed by atoms with Crippen LogP contribution in [0.25, 0.3) is 0 Å². The number of rotatable bonds is 11. The van der Waals surface area contributed by atoms with Gasteiger partial charge in [-0.15, -0.1) is 23.5 Å². The largest absolute Gasteiger partial charge is 0.439 e. The number of hydrogen-bond acceptors (Lipinski definition) is 13. The van der Waals surface area contributed by atoms with Gasteiger partial charge < -0.3 is 25.8 Å². The maximum atomic E-state index is 10.7. The fourth-order valence-corrected chi connectivity index (χ4v) is 4.80. The number of nitrogens with zero attached hydrogens (tertiary/aromatic N) is 5. The van der Waals surface area contributed by atoms with Crippen molar-refractivity contribution in [3.8, 4) is 23.3 Å². The molecule has 6 aromatic rings. The van der Waals surface area contributed by atoms with E-state index in [0.717, 1.165) is 11.4 Å². The first-order valence-corrected chi connectivity index (χ1v) is 16.7. The van der Waals surface area contributed by atoms with E-state index < -0.39 is 4.92 Å². The van der Waals surface area contributed by atoms with Crippen LogP contribution >= 0.6 is 23.5 Å². The quantitative estimate of drug-likeness (QED) is 0.0515. The van der Waals surface area contributed by atoms with Crippen molar-refractivity contribution >= 4 is 57.9 Å². The van der Waals surface area contributed by atoms with E-state index in [1.807, 2.05) is 48.9 Å². The number of hydrogen-bond donors (Lipinski definition) is 3. The topological polar surface area (TPSA) is 163 Å². The van der Waals surface area contributed by atoms with Crippen molar-refractivity contribution in [3.63, 3.8) is 0 Å². The first-order valence-electron chi connectivity index (χ1n) is 14.3. The Hall–Kier alpha value is -5.86. The van der Waals surface area contributed by atoms with Gasteiger partial charge in [0.15, 0.2) is 0 Å². The first kappa shape index (κ1) is 33.5. The summed E-state index contributed by atoms with van der Waals surface area (Å²) < 4.78 is 11.3. The van der Waals surface area contributed by atoms with Crippen molar-refractivity contribution in [2.24, 2.45) is 0 Å². The molecule has 0 atom stereocenters. The number of ether oxygens (including phenoxy) is 2. The third-order valence-corrected chi connectivity index (χ3v) is 7.87. The van der Waals surface area contributed by atoms with Crippen LogP contribution in [-0.4, -0.2) is 37.4 Å². The number of benzene rings is 4. The third kappa shape index (κ3) is 10.1. The number of non-ortho nitro benzene ring substituents is 1. The highest BCUT2D eigenvalue weighted by Crippen LogP contribution is 2.26. The van der Waals surface area contributed by atoms with Crippen LogP contribution in [0.15, 0.2) is 132 Å². The van der Waals surface area contributed by atoms with Gasteiger partial charge in [-0.25, -0.2) is 19.9 Å². The first-order chi connectivity index (χ1) is 23.4. The molecule has 2 aromatic heterocycles. The minimum Gasteiger partial charge on any atom is -0.439 e. The fourth-order valence-electron chi connectivity index (χ4n) is 3.99. The molecule has 48 heavy (non-hydrogen) atoms. The van der Waals surface area contributed by atoms with Crippen LogP contribution in [0.3, 0.4) is 0 Å². The van der Waals surface area contributed by atoms with Crippen molar-refractivity contribution in [1.82, 2.24) is 19.9 Å². The SMILES string of the molecule is CSc1ccc(Nc2cc(Oc3ccc(N)cc3)ncn2)cc1.CSc1ccc(Nc2cc(Oc3ccc([N+](=O)[O-])cc3)ncn2)cc1. The predicted molar refractivity (Wildman–Crippen MR) is 191 cm³/mol. The monoisotopic (exact) mass is 678 g/mol. The van der Waals surface area contributed by atoms with E-state index in [-0.39, 0.29) is 5.69 Å². The maximum Gasteiger partial charge on any atom is 0.269 e. The molecule has 0 amide bonds. The summed E-state index contributed by atoms with van der Waals surface area (Å²) in [4.78, 5) is 29.1. The van der Waals surface area contributed by atoms with Crippen LogP contribution in [-0.2, 0) is 0 Å². The average Bonchev–Trinajstić information content (AvgIpc) is 3.11. The van der Waals surface area contributed by atoms with E-state index in [1.165, 1.54) is 46.7 Å². The average molecular weight is 679 g/mol. The number of nitrogens with two attached hydrogens (primary N) is 1. The van der Waals surface area contributed by atoms with Gasteiger partial charge in [-0.3, -0.25) is 10.1 Å². The van der Waals surface area contributed by atoms with Crippen molar-refractivity contribution in [3.05, 3.63) is 132 Å². The molecule has 0 fully saturated rings. The minimum atomic E-state index is -0.460. The molecule has 0 bridgehead atoms. The molecule has 0 spiro atoms. The number of nitrogens with one attached hydrogen (secondary N) is 2. The number of nitro groups is 1. The van der Waals surface area contributed by atoms with Gasteiger partial charge in [-0.05, 0) is 97.4 Å². The Labute approximate surface area is 285 Å². The summed E-state index contributed by atoms with van der Waals surface area (Å²) in [5, 5.41) is 17.1. The second-order valence-electron chi connectivity index (χ2n) is 9.71. The van der Waals surface area contributed by atoms with Gasteiger partial charge >= 0.3 is 0 Å². The highest BCUT2D eigenvalue weighted by atomic mass is 32.2. The van der Waals surface area contributed by atoms with Gasteiger partial charge in [0.1, 0.15) is 35.8 Å². The zero-order chi connectivity index (χ0) is 33.7. The van der Waals surface area contributed by atoms with Gasteiger partial charge in [0.25, 0.3) is 5.69 Å². The molecular formula is C34H30N8O4S2. The Bertz CT molecular complexity index is 1930. The predicted octanol–water partition coefficient (Wildman–Crippen LogP) is 8.96. The summed E-state index contributed by atoms with van der Waals surface area (Å²) in [7, 11) is 0. The lowest BCUT2D eigenvalue weighted by atomic mass is 10.3. The highest BCUT2D eigenvalue weighted by Gasteiger charge is 2.07. The van der Waals surface area contributed by atoms with Gasteiger partial charge in [-0.2, -0.15) is 0 Å².